The number of halogens is 4. The predicted octanol–water partition coefficient (Wildman–Crippen LogP) is 2.83. The van der Waals surface area contributed by atoms with E-state index >= 15 is 0 Å². The fourth-order valence-electron chi connectivity index (χ4n) is 1.47. The number of amidine groups is 1. The molecule has 0 saturated heterocycles. The van der Waals surface area contributed by atoms with E-state index in [1.165, 1.54) is 18.2 Å². The quantitative estimate of drug-likeness (QED) is 0.659. The van der Waals surface area contributed by atoms with Gasteiger partial charge in [0.15, 0.2) is 5.69 Å². The van der Waals surface area contributed by atoms with Gasteiger partial charge in [0.05, 0.1) is 10.7 Å². The summed E-state index contributed by atoms with van der Waals surface area (Å²) in [6.07, 6.45) is -3.34. The van der Waals surface area contributed by atoms with E-state index in [1.807, 2.05) is 0 Å². The van der Waals surface area contributed by atoms with Gasteiger partial charge >= 0.3 is 6.18 Å². The fourth-order valence-corrected chi connectivity index (χ4v) is 1.74. The number of nitrogens with one attached hydrogen (secondary N) is 1. The zero-order chi connectivity index (χ0) is 14.2. The van der Waals surface area contributed by atoms with Gasteiger partial charge in [0, 0.05) is 11.8 Å². The van der Waals surface area contributed by atoms with Crippen LogP contribution in [0.2, 0.25) is 5.02 Å². The molecule has 0 fully saturated rings. The third-order valence-electron chi connectivity index (χ3n) is 2.39. The van der Waals surface area contributed by atoms with Crippen LogP contribution >= 0.6 is 11.6 Å². The van der Waals surface area contributed by atoms with Gasteiger partial charge in [-0.15, -0.1) is 0 Å². The van der Waals surface area contributed by atoms with Gasteiger partial charge in [-0.1, -0.05) is 11.6 Å². The molecule has 0 aliphatic rings. The number of rotatable bonds is 2. The number of hydrogen-bond donors (Lipinski definition) is 2. The van der Waals surface area contributed by atoms with Gasteiger partial charge in [-0.2, -0.15) is 18.3 Å². The lowest BCUT2D eigenvalue weighted by Crippen LogP contribution is -2.11. The normalized spacial score (nSPS) is 11.6. The summed E-state index contributed by atoms with van der Waals surface area (Å²) >= 11 is 5.94. The fraction of sp³-hybridized carbons (Fsp3) is 0.0909. The molecule has 4 nitrogen and oxygen atoms in total. The van der Waals surface area contributed by atoms with Crippen LogP contribution in [0.4, 0.5) is 13.2 Å². The topological polar surface area (TPSA) is 67.7 Å². The van der Waals surface area contributed by atoms with Crippen molar-refractivity contribution < 1.29 is 13.2 Å². The van der Waals surface area contributed by atoms with Crippen LogP contribution in [0.3, 0.4) is 0 Å². The average Bonchev–Trinajstić information content (AvgIpc) is 2.77. The Kier molecular flexibility index (Phi) is 3.23. The molecule has 3 N–H and O–H groups in total. The summed E-state index contributed by atoms with van der Waals surface area (Å²) in [5.74, 6) is -0.176. The molecule has 1 aromatic carbocycles. The Morgan fingerprint density at radius 2 is 2.00 bits per heavy atom. The maximum atomic E-state index is 12.4. The third kappa shape index (κ3) is 2.70. The zero-order valence-electron chi connectivity index (χ0n) is 9.37. The number of benzene rings is 1. The first kappa shape index (κ1) is 13.4. The van der Waals surface area contributed by atoms with Crippen molar-refractivity contribution in [1.82, 2.24) is 9.78 Å². The Balaban J connectivity index is 2.43. The molecule has 19 heavy (non-hydrogen) atoms. The minimum absolute atomic E-state index is 0.157. The van der Waals surface area contributed by atoms with E-state index in [0.29, 0.717) is 5.56 Å². The maximum absolute atomic E-state index is 12.4. The second-order valence-electron chi connectivity index (χ2n) is 3.72. The van der Waals surface area contributed by atoms with Crippen molar-refractivity contribution >= 4 is 17.4 Å². The lowest BCUT2D eigenvalue weighted by Gasteiger charge is -2.07. The van der Waals surface area contributed by atoms with Gasteiger partial charge in [0.25, 0.3) is 0 Å². The third-order valence-corrected chi connectivity index (χ3v) is 2.69. The molecular formula is C11H8ClF3N4. The van der Waals surface area contributed by atoms with E-state index in [2.05, 4.69) is 5.10 Å². The molecule has 0 radical (unpaired) electrons. The summed E-state index contributed by atoms with van der Waals surface area (Å²) in [6, 6.07) is 5.19. The zero-order valence-corrected chi connectivity index (χ0v) is 10.1. The van der Waals surface area contributed by atoms with Crippen LogP contribution in [0.15, 0.2) is 30.5 Å². The summed E-state index contributed by atoms with van der Waals surface area (Å²) in [6.45, 7) is 0. The predicted molar refractivity (Wildman–Crippen MR) is 64.6 cm³/mol. The SMILES string of the molecule is N=C(N)c1ccc(-n2ccc(C(F)(F)F)n2)c(Cl)c1. The number of hydrogen-bond acceptors (Lipinski definition) is 2. The smallest absolute Gasteiger partial charge is 0.384 e. The second kappa shape index (κ2) is 4.58. The molecule has 1 aromatic heterocycles. The number of nitrogen functional groups attached to an aromatic ring is 1. The molecule has 0 aliphatic carbocycles. The maximum Gasteiger partial charge on any atom is 0.435 e. The average molecular weight is 289 g/mol. The Labute approximate surface area is 111 Å². The summed E-state index contributed by atoms with van der Waals surface area (Å²) in [7, 11) is 0. The van der Waals surface area contributed by atoms with Crippen molar-refractivity contribution in [3.05, 3.63) is 46.7 Å². The molecular weight excluding hydrogens is 281 g/mol. The Hall–Kier alpha value is -2.02. The molecule has 0 unspecified atom stereocenters. The largest absolute Gasteiger partial charge is 0.435 e. The molecule has 2 rings (SSSR count). The van der Waals surface area contributed by atoms with E-state index in [0.717, 1.165) is 16.9 Å². The summed E-state index contributed by atoms with van der Waals surface area (Å²) < 4.78 is 38.3. The van der Waals surface area contributed by atoms with E-state index in [1.54, 1.807) is 0 Å². The Morgan fingerprint density at radius 1 is 1.32 bits per heavy atom. The second-order valence-corrected chi connectivity index (χ2v) is 4.13. The first-order valence-electron chi connectivity index (χ1n) is 5.06. The molecule has 1 heterocycles. The van der Waals surface area contributed by atoms with E-state index in [9.17, 15) is 13.2 Å². The van der Waals surface area contributed by atoms with Crippen LogP contribution in [0.25, 0.3) is 5.69 Å². The number of nitrogens with two attached hydrogens (primary N) is 1. The van der Waals surface area contributed by atoms with Gasteiger partial charge in [-0.3, -0.25) is 5.41 Å². The van der Waals surface area contributed by atoms with Crippen molar-refractivity contribution in [2.24, 2.45) is 5.73 Å². The standard InChI is InChI=1S/C11H8ClF3N4/c12-7-5-6(10(16)17)1-2-8(7)19-4-3-9(18-19)11(13,14)15/h1-5H,(H3,16,17). The van der Waals surface area contributed by atoms with Gasteiger partial charge in [0.1, 0.15) is 5.84 Å². The lowest BCUT2D eigenvalue weighted by molar-refractivity contribution is -0.141. The summed E-state index contributed by atoms with van der Waals surface area (Å²) in [5, 5.41) is 10.8. The first-order valence-corrected chi connectivity index (χ1v) is 5.44. The minimum atomic E-state index is -4.50. The van der Waals surface area contributed by atoms with Crippen molar-refractivity contribution in [2.45, 2.75) is 6.18 Å². The summed E-state index contributed by atoms with van der Waals surface area (Å²) in [4.78, 5) is 0. The van der Waals surface area contributed by atoms with Crippen LogP contribution in [-0.4, -0.2) is 15.6 Å². The van der Waals surface area contributed by atoms with Gasteiger partial charge < -0.3 is 5.73 Å². The summed E-state index contributed by atoms with van der Waals surface area (Å²) in [5.41, 5.74) is 4.95. The van der Waals surface area contributed by atoms with Gasteiger partial charge in [-0.05, 0) is 24.3 Å². The Bertz CT molecular complexity index is 633. The van der Waals surface area contributed by atoms with Crippen LogP contribution in [0.5, 0.6) is 0 Å². The van der Waals surface area contributed by atoms with Gasteiger partial charge in [-0.25, -0.2) is 4.68 Å². The molecule has 0 spiro atoms. The highest BCUT2D eigenvalue weighted by Crippen LogP contribution is 2.29. The molecule has 0 saturated carbocycles. The number of alkyl halides is 3. The van der Waals surface area contributed by atoms with Crippen molar-refractivity contribution in [2.75, 3.05) is 0 Å². The highest BCUT2D eigenvalue weighted by atomic mass is 35.5. The molecule has 0 bridgehead atoms. The van der Waals surface area contributed by atoms with Gasteiger partial charge in [0.2, 0.25) is 0 Å². The minimum Gasteiger partial charge on any atom is -0.384 e. The van der Waals surface area contributed by atoms with E-state index < -0.39 is 11.9 Å². The molecule has 8 heteroatoms. The van der Waals surface area contributed by atoms with Crippen LogP contribution in [0, 0.1) is 5.41 Å². The van der Waals surface area contributed by atoms with Crippen LogP contribution < -0.4 is 5.73 Å². The van der Waals surface area contributed by atoms with E-state index in [-0.39, 0.29) is 16.5 Å². The lowest BCUT2D eigenvalue weighted by atomic mass is 10.2. The van der Waals surface area contributed by atoms with E-state index in [4.69, 9.17) is 22.7 Å². The van der Waals surface area contributed by atoms with Crippen molar-refractivity contribution in [3.8, 4) is 5.69 Å². The molecule has 0 atom stereocenters. The van der Waals surface area contributed by atoms with Crippen molar-refractivity contribution in [3.63, 3.8) is 0 Å². The molecule has 0 amide bonds. The highest BCUT2D eigenvalue weighted by Gasteiger charge is 2.33. The molecule has 2 aromatic rings. The monoisotopic (exact) mass is 288 g/mol. The van der Waals surface area contributed by atoms with Crippen molar-refractivity contribution in [1.29, 1.82) is 5.41 Å². The number of aromatic nitrogens is 2. The van der Waals surface area contributed by atoms with Crippen LogP contribution in [-0.2, 0) is 6.18 Å². The number of nitrogens with zero attached hydrogens (tertiary/aromatic N) is 2. The molecule has 0 aliphatic heterocycles. The Morgan fingerprint density at radius 3 is 2.47 bits per heavy atom. The highest BCUT2D eigenvalue weighted by molar-refractivity contribution is 6.32. The van der Waals surface area contributed by atoms with Crippen LogP contribution in [0.1, 0.15) is 11.3 Å². The first-order chi connectivity index (χ1) is 8.79. The molecule has 100 valence electrons.